The predicted molar refractivity (Wildman–Crippen MR) is 118 cm³/mol. The van der Waals surface area contributed by atoms with E-state index in [0.717, 1.165) is 11.1 Å². The first-order valence-corrected chi connectivity index (χ1v) is 10.00. The number of aromatic amines is 1. The first kappa shape index (κ1) is 21.0. The molecule has 9 heteroatoms. The number of pyridine rings is 1. The van der Waals surface area contributed by atoms with Gasteiger partial charge in [-0.15, -0.1) is 5.10 Å². The number of esters is 1. The fourth-order valence-electron chi connectivity index (χ4n) is 3.00. The summed E-state index contributed by atoms with van der Waals surface area (Å²) in [6.07, 6.45) is -0.191. The number of anilines is 1. The molecule has 162 valence electrons. The number of amides is 1. The topological polar surface area (TPSA) is 119 Å². The van der Waals surface area contributed by atoms with Crippen molar-refractivity contribution in [3.05, 3.63) is 66.2 Å². The summed E-state index contributed by atoms with van der Waals surface area (Å²) < 4.78 is 10.4. The van der Waals surface area contributed by atoms with Crippen LogP contribution in [0, 0.1) is 0 Å². The summed E-state index contributed by atoms with van der Waals surface area (Å²) in [6, 6.07) is 17.6. The van der Waals surface area contributed by atoms with Crippen LogP contribution in [-0.2, 0) is 9.53 Å². The standard InChI is InChI=1S/C23H21N5O4/c1-14(2)32-21(29)13-31-18-8-6-17(7-9-18)24-23(30)16-5-3-4-15(12-16)19-10-11-20-22(25-19)27-28-26-20/h3-12,14H,13H2,1-2H3,(H,24,30)(H,25,26,27,28). The van der Waals surface area contributed by atoms with E-state index in [0.29, 0.717) is 28.3 Å². The Kier molecular flexibility index (Phi) is 6.07. The Morgan fingerprint density at radius 3 is 2.66 bits per heavy atom. The van der Waals surface area contributed by atoms with Gasteiger partial charge in [0.1, 0.15) is 11.3 Å². The number of benzene rings is 2. The second kappa shape index (κ2) is 9.25. The lowest BCUT2D eigenvalue weighted by molar-refractivity contribution is -0.149. The van der Waals surface area contributed by atoms with Crippen molar-refractivity contribution in [2.24, 2.45) is 0 Å². The van der Waals surface area contributed by atoms with Gasteiger partial charge < -0.3 is 14.8 Å². The number of rotatable bonds is 7. The average Bonchev–Trinajstić information content (AvgIpc) is 3.26. The average molecular weight is 431 g/mol. The molecule has 9 nitrogen and oxygen atoms in total. The van der Waals surface area contributed by atoms with Gasteiger partial charge in [-0.05, 0) is 62.4 Å². The van der Waals surface area contributed by atoms with E-state index >= 15 is 0 Å². The SMILES string of the molecule is CC(C)OC(=O)COc1ccc(NC(=O)c2cccc(-c3ccc4[nH]nnc4n3)c2)cc1. The summed E-state index contributed by atoms with van der Waals surface area (Å²) >= 11 is 0. The largest absolute Gasteiger partial charge is 0.482 e. The number of nitrogens with one attached hydrogen (secondary N) is 2. The molecule has 0 fully saturated rings. The second-order valence-corrected chi connectivity index (χ2v) is 7.27. The Hall–Kier alpha value is -4.27. The Balaban J connectivity index is 1.40. The molecule has 0 aliphatic carbocycles. The first-order valence-electron chi connectivity index (χ1n) is 10.00. The first-order chi connectivity index (χ1) is 15.5. The van der Waals surface area contributed by atoms with E-state index in [1.54, 1.807) is 56.3 Å². The van der Waals surface area contributed by atoms with Gasteiger partial charge in [-0.25, -0.2) is 9.78 Å². The van der Waals surface area contributed by atoms with Crippen molar-refractivity contribution in [1.82, 2.24) is 20.4 Å². The van der Waals surface area contributed by atoms with Gasteiger partial charge in [0.25, 0.3) is 5.91 Å². The molecule has 1 amide bonds. The minimum absolute atomic E-state index is 0.176. The maximum atomic E-state index is 12.7. The van der Waals surface area contributed by atoms with Crippen LogP contribution in [0.25, 0.3) is 22.4 Å². The van der Waals surface area contributed by atoms with E-state index in [9.17, 15) is 9.59 Å². The van der Waals surface area contributed by atoms with Crippen molar-refractivity contribution < 1.29 is 19.1 Å². The predicted octanol–water partition coefficient (Wildman–Crippen LogP) is 3.60. The van der Waals surface area contributed by atoms with Gasteiger partial charge in [0.15, 0.2) is 6.61 Å². The summed E-state index contributed by atoms with van der Waals surface area (Å²) in [7, 11) is 0. The lowest BCUT2D eigenvalue weighted by Crippen LogP contribution is -2.18. The minimum atomic E-state index is -0.436. The van der Waals surface area contributed by atoms with Gasteiger partial charge in [0.2, 0.25) is 5.65 Å². The van der Waals surface area contributed by atoms with Gasteiger partial charge >= 0.3 is 5.97 Å². The van der Waals surface area contributed by atoms with Gasteiger partial charge in [0.05, 0.1) is 11.8 Å². The molecule has 4 aromatic rings. The molecule has 2 aromatic heterocycles. The molecule has 0 saturated heterocycles. The monoisotopic (exact) mass is 431 g/mol. The van der Waals surface area contributed by atoms with Crippen LogP contribution >= 0.6 is 0 Å². The van der Waals surface area contributed by atoms with Crippen LogP contribution in [0.3, 0.4) is 0 Å². The van der Waals surface area contributed by atoms with Gasteiger partial charge in [0, 0.05) is 16.8 Å². The zero-order valence-electron chi connectivity index (χ0n) is 17.5. The smallest absolute Gasteiger partial charge is 0.344 e. The normalized spacial score (nSPS) is 10.8. The van der Waals surface area contributed by atoms with Crippen molar-refractivity contribution >= 4 is 28.7 Å². The molecule has 0 spiro atoms. The van der Waals surface area contributed by atoms with E-state index in [2.05, 4.69) is 25.7 Å². The number of hydrogen-bond acceptors (Lipinski definition) is 7. The summed E-state index contributed by atoms with van der Waals surface area (Å²) in [6.45, 7) is 3.37. The number of hydrogen-bond donors (Lipinski definition) is 2. The van der Waals surface area contributed by atoms with Crippen molar-refractivity contribution in [3.8, 4) is 17.0 Å². The molecule has 0 saturated carbocycles. The van der Waals surface area contributed by atoms with Crippen molar-refractivity contribution in [2.75, 3.05) is 11.9 Å². The third-order valence-electron chi connectivity index (χ3n) is 4.45. The van der Waals surface area contributed by atoms with E-state index < -0.39 is 5.97 Å². The van der Waals surface area contributed by atoms with E-state index in [1.807, 2.05) is 18.2 Å². The Bertz CT molecular complexity index is 1250. The van der Waals surface area contributed by atoms with Crippen molar-refractivity contribution in [2.45, 2.75) is 20.0 Å². The molecule has 0 aliphatic heterocycles. The summed E-state index contributed by atoms with van der Waals surface area (Å²) in [5, 5.41) is 13.3. The number of carbonyl (C=O) groups excluding carboxylic acids is 2. The van der Waals surface area contributed by atoms with E-state index in [4.69, 9.17) is 9.47 Å². The molecule has 4 rings (SSSR count). The van der Waals surface area contributed by atoms with Crippen LogP contribution in [0.4, 0.5) is 5.69 Å². The van der Waals surface area contributed by atoms with Crippen LogP contribution in [0.15, 0.2) is 60.7 Å². The second-order valence-electron chi connectivity index (χ2n) is 7.27. The van der Waals surface area contributed by atoms with Crippen LogP contribution in [0.1, 0.15) is 24.2 Å². The van der Waals surface area contributed by atoms with Crippen LogP contribution in [0.5, 0.6) is 5.75 Å². The fraction of sp³-hybridized carbons (Fsp3) is 0.174. The minimum Gasteiger partial charge on any atom is -0.482 e. The molecule has 32 heavy (non-hydrogen) atoms. The summed E-state index contributed by atoms with van der Waals surface area (Å²) in [5.74, 6) is -0.196. The lowest BCUT2D eigenvalue weighted by Gasteiger charge is -2.10. The maximum Gasteiger partial charge on any atom is 0.344 e. The number of H-pyrrole nitrogens is 1. The zero-order valence-corrected chi connectivity index (χ0v) is 17.5. The molecule has 2 heterocycles. The maximum absolute atomic E-state index is 12.7. The van der Waals surface area contributed by atoms with Crippen LogP contribution < -0.4 is 10.1 Å². The van der Waals surface area contributed by atoms with Crippen LogP contribution in [-0.4, -0.2) is 45.0 Å². The number of ether oxygens (including phenoxy) is 2. The number of fused-ring (bicyclic) bond motifs is 1. The Labute approximate surface area is 183 Å². The molecular weight excluding hydrogens is 410 g/mol. The summed E-state index contributed by atoms with van der Waals surface area (Å²) in [4.78, 5) is 28.7. The molecule has 0 bridgehead atoms. The Morgan fingerprint density at radius 1 is 1.06 bits per heavy atom. The van der Waals surface area contributed by atoms with E-state index in [-0.39, 0.29) is 18.6 Å². The van der Waals surface area contributed by atoms with Crippen LogP contribution in [0.2, 0.25) is 0 Å². The highest BCUT2D eigenvalue weighted by molar-refractivity contribution is 6.05. The molecule has 0 radical (unpaired) electrons. The highest BCUT2D eigenvalue weighted by Gasteiger charge is 2.11. The third-order valence-corrected chi connectivity index (χ3v) is 4.45. The molecule has 2 aromatic carbocycles. The number of carbonyl (C=O) groups is 2. The number of nitrogens with zero attached hydrogens (tertiary/aromatic N) is 3. The molecular formula is C23H21N5O4. The zero-order chi connectivity index (χ0) is 22.5. The molecule has 0 atom stereocenters. The highest BCUT2D eigenvalue weighted by atomic mass is 16.6. The molecule has 0 unspecified atom stereocenters. The summed E-state index contributed by atoms with van der Waals surface area (Å²) in [5.41, 5.74) is 3.82. The highest BCUT2D eigenvalue weighted by Crippen LogP contribution is 2.22. The number of aromatic nitrogens is 4. The third kappa shape index (κ3) is 5.07. The fourth-order valence-corrected chi connectivity index (χ4v) is 3.00. The molecule has 2 N–H and O–H groups in total. The van der Waals surface area contributed by atoms with E-state index in [1.165, 1.54) is 0 Å². The van der Waals surface area contributed by atoms with Crippen molar-refractivity contribution in [3.63, 3.8) is 0 Å². The lowest BCUT2D eigenvalue weighted by atomic mass is 10.1. The van der Waals surface area contributed by atoms with Gasteiger partial charge in [-0.2, -0.15) is 0 Å². The quantitative estimate of drug-likeness (QED) is 0.429. The van der Waals surface area contributed by atoms with Crippen molar-refractivity contribution in [1.29, 1.82) is 0 Å². The molecule has 0 aliphatic rings. The van der Waals surface area contributed by atoms with Gasteiger partial charge in [-0.1, -0.05) is 17.3 Å². The van der Waals surface area contributed by atoms with Gasteiger partial charge in [-0.3, -0.25) is 9.89 Å². The Morgan fingerprint density at radius 2 is 1.88 bits per heavy atom.